The highest BCUT2D eigenvalue weighted by molar-refractivity contribution is 5.98. The van der Waals surface area contributed by atoms with Crippen LogP contribution in [0.3, 0.4) is 0 Å². The van der Waals surface area contributed by atoms with Crippen molar-refractivity contribution in [2.75, 3.05) is 5.32 Å². The van der Waals surface area contributed by atoms with Crippen LogP contribution in [0.4, 0.5) is 5.69 Å². The number of hydrogen-bond donors (Lipinski definition) is 3. The van der Waals surface area contributed by atoms with Gasteiger partial charge in [0.1, 0.15) is 5.69 Å². The maximum Gasteiger partial charge on any atom is 0.227 e. The molecule has 8 nitrogen and oxygen atoms in total. The van der Waals surface area contributed by atoms with Crippen LogP contribution in [0.25, 0.3) is 55.7 Å². The van der Waals surface area contributed by atoms with Crippen molar-refractivity contribution in [3.8, 4) is 33.8 Å². The molecule has 180 valence electrons. The van der Waals surface area contributed by atoms with E-state index in [0.717, 1.165) is 69.1 Å². The van der Waals surface area contributed by atoms with Crippen molar-refractivity contribution in [3.63, 3.8) is 0 Å². The summed E-state index contributed by atoms with van der Waals surface area (Å²) in [5.41, 5.74) is 8.20. The van der Waals surface area contributed by atoms with E-state index in [-0.39, 0.29) is 11.8 Å². The van der Waals surface area contributed by atoms with Gasteiger partial charge in [-0.15, -0.1) is 0 Å². The van der Waals surface area contributed by atoms with Crippen molar-refractivity contribution in [2.45, 2.75) is 19.3 Å². The van der Waals surface area contributed by atoms with Gasteiger partial charge < -0.3 is 10.3 Å². The first kappa shape index (κ1) is 21.4. The number of nitrogens with zero attached hydrogens (tertiary/aromatic N) is 4. The third kappa shape index (κ3) is 3.83. The molecule has 1 amide bonds. The van der Waals surface area contributed by atoms with Gasteiger partial charge in [-0.25, -0.2) is 4.98 Å². The maximum atomic E-state index is 12.4. The number of carbonyl (C=O) groups excluding carboxylic acids is 1. The van der Waals surface area contributed by atoms with Crippen LogP contribution < -0.4 is 5.32 Å². The fourth-order valence-electron chi connectivity index (χ4n) is 4.86. The molecule has 4 aromatic heterocycles. The Hall–Kier alpha value is -4.85. The van der Waals surface area contributed by atoms with E-state index in [2.05, 4.69) is 42.6 Å². The predicted octanol–water partition coefficient (Wildman–Crippen LogP) is 5.97. The van der Waals surface area contributed by atoms with Gasteiger partial charge in [-0.3, -0.25) is 19.9 Å². The average molecular weight is 486 g/mol. The Morgan fingerprint density at radius 2 is 1.78 bits per heavy atom. The molecule has 1 fully saturated rings. The molecule has 2 aromatic carbocycles. The molecule has 1 aliphatic carbocycles. The molecule has 3 N–H and O–H groups in total. The fraction of sp³-hybridized carbons (Fsp3) is 0.138. The summed E-state index contributed by atoms with van der Waals surface area (Å²) in [6, 6.07) is 18.1. The maximum absolute atomic E-state index is 12.4. The molecule has 8 heteroatoms. The van der Waals surface area contributed by atoms with Crippen molar-refractivity contribution < 1.29 is 4.79 Å². The predicted molar refractivity (Wildman–Crippen MR) is 144 cm³/mol. The summed E-state index contributed by atoms with van der Waals surface area (Å²) in [5.74, 6) is 0.893. The van der Waals surface area contributed by atoms with Crippen molar-refractivity contribution in [1.29, 1.82) is 0 Å². The molecule has 1 saturated carbocycles. The van der Waals surface area contributed by atoms with Crippen LogP contribution in [0.15, 0.2) is 79.4 Å². The van der Waals surface area contributed by atoms with E-state index in [9.17, 15) is 4.79 Å². The lowest BCUT2D eigenvalue weighted by molar-refractivity contribution is -0.122. The molecule has 0 unspecified atom stereocenters. The minimum atomic E-state index is 0.0776. The number of pyridine rings is 2. The second kappa shape index (κ2) is 8.67. The molecule has 6 aromatic rings. The average Bonchev–Trinajstić information content (AvgIpc) is 3.52. The topological polar surface area (TPSA) is 112 Å². The number of imidazole rings is 1. The van der Waals surface area contributed by atoms with Crippen LogP contribution in [0, 0.1) is 5.92 Å². The normalized spacial score (nSPS) is 13.6. The molecular weight excluding hydrogens is 462 g/mol. The number of nitrogens with one attached hydrogen (secondary N) is 3. The number of fused-ring (bicyclic) bond motifs is 2. The van der Waals surface area contributed by atoms with Crippen LogP contribution in [0.5, 0.6) is 0 Å². The number of carbonyl (C=O) groups is 1. The lowest BCUT2D eigenvalue weighted by Crippen LogP contribution is -2.28. The van der Waals surface area contributed by atoms with Gasteiger partial charge >= 0.3 is 0 Å². The highest BCUT2D eigenvalue weighted by Crippen LogP contribution is 2.33. The molecule has 0 aliphatic heterocycles. The van der Waals surface area contributed by atoms with E-state index < -0.39 is 0 Å². The Kier molecular flexibility index (Phi) is 5.02. The van der Waals surface area contributed by atoms with Crippen molar-refractivity contribution >= 4 is 33.5 Å². The number of hydrogen-bond acceptors (Lipinski definition) is 5. The van der Waals surface area contributed by atoms with E-state index >= 15 is 0 Å². The lowest BCUT2D eigenvalue weighted by atomic mass is 9.85. The van der Waals surface area contributed by atoms with Gasteiger partial charge in [0.25, 0.3) is 0 Å². The standard InChI is InChI=1S/C29H23N7O/c37-29(18-3-1-4-18)32-21-13-20(15-31-16-21)19-7-8-24-23(14-19)27(36-35-24)28-33-25-6-2-5-22(26(25)34-28)17-9-11-30-12-10-17/h2,5-16,18H,1,3-4H2,(H,32,37)(H,33,34)(H,35,36). The Balaban J connectivity index is 1.26. The van der Waals surface area contributed by atoms with E-state index in [1.165, 1.54) is 0 Å². The van der Waals surface area contributed by atoms with E-state index in [0.29, 0.717) is 11.5 Å². The van der Waals surface area contributed by atoms with Gasteiger partial charge in [-0.05, 0) is 60.4 Å². The first-order valence-corrected chi connectivity index (χ1v) is 12.4. The molecular formula is C29H23N7O. The summed E-state index contributed by atoms with van der Waals surface area (Å²) >= 11 is 0. The van der Waals surface area contributed by atoms with E-state index in [1.807, 2.05) is 48.7 Å². The van der Waals surface area contributed by atoms with Crippen LogP contribution in [-0.2, 0) is 4.79 Å². The Bertz CT molecular complexity index is 1770. The summed E-state index contributed by atoms with van der Waals surface area (Å²) in [6.45, 7) is 0. The zero-order valence-corrected chi connectivity index (χ0v) is 19.9. The minimum absolute atomic E-state index is 0.0776. The van der Waals surface area contributed by atoms with Crippen molar-refractivity contribution in [3.05, 3.63) is 79.4 Å². The van der Waals surface area contributed by atoms with Gasteiger partial charge in [0.05, 0.1) is 28.4 Å². The number of benzene rings is 2. The number of anilines is 1. The Morgan fingerprint density at radius 1 is 0.892 bits per heavy atom. The highest BCUT2D eigenvalue weighted by Gasteiger charge is 2.25. The molecule has 4 heterocycles. The van der Waals surface area contributed by atoms with Gasteiger partial charge in [-0.2, -0.15) is 5.10 Å². The van der Waals surface area contributed by atoms with Crippen LogP contribution in [-0.4, -0.2) is 36.0 Å². The van der Waals surface area contributed by atoms with E-state index in [1.54, 1.807) is 18.6 Å². The summed E-state index contributed by atoms with van der Waals surface area (Å²) in [4.78, 5) is 29.3. The molecule has 1 aliphatic rings. The lowest BCUT2D eigenvalue weighted by Gasteiger charge is -2.24. The molecule has 0 saturated heterocycles. The SMILES string of the molecule is O=C(Nc1cncc(-c2ccc3[nH]nc(-c4nc5c(-c6ccncc6)cccc5[nH]4)c3c2)c1)C1CCC1. The second-order valence-electron chi connectivity index (χ2n) is 9.43. The highest BCUT2D eigenvalue weighted by atomic mass is 16.1. The molecule has 0 spiro atoms. The van der Waals surface area contributed by atoms with Gasteiger partial charge in [0.15, 0.2) is 5.82 Å². The molecule has 0 atom stereocenters. The third-order valence-corrected chi connectivity index (χ3v) is 7.11. The number of para-hydroxylation sites is 1. The monoisotopic (exact) mass is 485 g/mol. The zero-order valence-electron chi connectivity index (χ0n) is 19.9. The Morgan fingerprint density at radius 3 is 2.62 bits per heavy atom. The Labute approximate surface area is 212 Å². The van der Waals surface area contributed by atoms with Crippen LogP contribution in [0.1, 0.15) is 19.3 Å². The van der Waals surface area contributed by atoms with Crippen molar-refractivity contribution in [2.24, 2.45) is 5.92 Å². The number of aromatic nitrogens is 6. The van der Waals surface area contributed by atoms with Crippen LogP contribution >= 0.6 is 0 Å². The third-order valence-electron chi connectivity index (χ3n) is 7.11. The second-order valence-corrected chi connectivity index (χ2v) is 9.43. The van der Waals surface area contributed by atoms with E-state index in [4.69, 9.17) is 4.98 Å². The summed E-state index contributed by atoms with van der Waals surface area (Å²) in [5, 5.41) is 11.7. The largest absolute Gasteiger partial charge is 0.337 e. The number of rotatable bonds is 5. The molecule has 7 rings (SSSR count). The molecule has 37 heavy (non-hydrogen) atoms. The summed E-state index contributed by atoms with van der Waals surface area (Å²) in [6.07, 6.45) is 10.1. The number of aromatic amines is 2. The fourth-order valence-corrected chi connectivity index (χ4v) is 4.86. The van der Waals surface area contributed by atoms with Crippen molar-refractivity contribution in [1.82, 2.24) is 30.1 Å². The first-order valence-electron chi connectivity index (χ1n) is 12.4. The number of amides is 1. The smallest absolute Gasteiger partial charge is 0.227 e. The van der Waals surface area contributed by atoms with Gasteiger partial charge in [0.2, 0.25) is 5.91 Å². The van der Waals surface area contributed by atoms with Crippen LogP contribution in [0.2, 0.25) is 0 Å². The zero-order chi connectivity index (χ0) is 24.8. The van der Waals surface area contributed by atoms with Gasteiger partial charge in [0, 0.05) is 41.0 Å². The molecule has 0 radical (unpaired) electrons. The molecule has 0 bridgehead atoms. The number of H-pyrrole nitrogens is 2. The summed E-state index contributed by atoms with van der Waals surface area (Å²) < 4.78 is 0. The quantitative estimate of drug-likeness (QED) is 0.279. The first-order chi connectivity index (χ1) is 18.2. The summed E-state index contributed by atoms with van der Waals surface area (Å²) in [7, 11) is 0. The minimum Gasteiger partial charge on any atom is -0.337 e. The van der Waals surface area contributed by atoms with Gasteiger partial charge in [-0.1, -0.05) is 24.6 Å².